The van der Waals surface area contributed by atoms with E-state index in [2.05, 4.69) is 13.1 Å². The second-order valence-corrected chi connectivity index (χ2v) is 2.81. The Hall–Kier alpha value is -1.09. The minimum absolute atomic E-state index is 0.226. The Morgan fingerprint density at radius 1 is 1.75 bits per heavy atom. The van der Waals surface area contributed by atoms with E-state index in [0.717, 1.165) is 12.1 Å². The van der Waals surface area contributed by atoms with Gasteiger partial charge in [0.05, 0.1) is 5.70 Å². The van der Waals surface area contributed by atoms with E-state index in [4.69, 9.17) is 5.11 Å². The van der Waals surface area contributed by atoms with Crippen molar-refractivity contribution in [2.75, 3.05) is 0 Å². The normalized spacial score (nSPS) is 15.8. The third-order valence-corrected chi connectivity index (χ3v) is 1.87. The molecule has 0 aromatic heterocycles. The summed E-state index contributed by atoms with van der Waals surface area (Å²) in [5, 5.41) is 10.2. The van der Waals surface area contributed by atoms with Crippen LogP contribution < -0.4 is 5.32 Å². The summed E-state index contributed by atoms with van der Waals surface area (Å²) >= 11 is 0. The number of carboxylic acid groups (broad SMARTS) is 1. The molecule has 0 saturated heterocycles. The molecular weight excluding hydrogens is 154 g/mol. The number of carbonyl (C=O) groups is 1. The van der Waals surface area contributed by atoms with Crippen LogP contribution in [0.1, 0.15) is 19.3 Å². The van der Waals surface area contributed by atoms with Gasteiger partial charge < -0.3 is 10.4 Å². The molecule has 0 aliphatic heterocycles. The quantitative estimate of drug-likeness (QED) is 0.596. The fraction of sp³-hybridized carbons (Fsp3) is 0.333. The van der Waals surface area contributed by atoms with E-state index in [9.17, 15) is 4.79 Å². The molecule has 0 unspecified atom stereocenters. The summed E-state index contributed by atoms with van der Waals surface area (Å²) in [5.41, 5.74) is 2.29. The predicted molar refractivity (Wildman–Crippen MR) is 44.9 cm³/mol. The smallest absolute Gasteiger partial charge is 0.303 e. The van der Waals surface area contributed by atoms with Crippen molar-refractivity contribution in [3.63, 3.8) is 0 Å². The number of rotatable bonds is 4. The zero-order valence-electron chi connectivity index (χ0n) is 6.92. The molecule has 1 aliphatic rings. The summed E-state index contributed by atoms with van der Waals surface area (Å²) in [5.74, 6) is -0.733. The molecule has 12 heavy (non-hydrogen) atoms. The molecule has 0 bridgehead atoms. The molecule has 0 saturated carbocycles. The van der Waals surface area contributed by atoms with Gasteiger partial charge in [0.15, 0.2) is 0 Å². The Kier molecular flexibility index (Phi) is 3.05. The van der Waals surface area contributed by atoms with Gasteiger partial charge >= 0.3 is 5.97 Å². The van der Waals surface area contributed by atoms with E-state index >= 15 is 0 Å². The van der Waals surface area contributed by atoms with E-state index < -0.39 is 5.97 Å². The molecule has 1 rings (SSSR count). The number of hydrogen-bond donors (Lipinski definition) is 2. The first-order valence-electron chi connectivity index (χ1n) is 3.96. The summed E-state index contributed by atoms with van der Waals surface area (Å²) in [6.07, 6.45) is 5.84. The van der Waals surface area contributed by atoms with E-state index in [0.29, 0.717) is 6.42 Å². The SMILES string of the molecule is [CH2-][NH2+]C1=CCC(CCC(=O)O)=C1. The molecule has 3 N–H and O–H groups in total. The predicted octanol–water partition coefficient (Wildman–Crippen LogP) is 0.420. The van der Waals surface area contributed by atoms with Crippen molar-refractivity contribution in [3.8, 4) is 0 Å². The van der Waals surface area contributed by atoms with Crippen molar-refractivity contribution in [2.45, 2.75) is 19.3 Å². The fourth-order valence-electron chi connectivity index (χ4n) is 1.19. The number of quaternary nitrogens is 1. The van der Waals surface area contributed by atoms with Crippen molar-refractivity contribution < 1.29 is 15.2 Å². The molecule has 0 spiro atoms. The lowest BCUT2D eigenvalue weighted by Gasteiger charge is -1.96. The van der Waals surface area contributed by atoms with Crippen LogP contribution in [0.5, 0.6) is 0 Å². The average Bonchev–Trinajstić information content (AvgIpc) is 2.48. The van der Waals surface area contributed by atoms with E-state index in [-0.39, 0.29) is 6.42 Å². The lowest BCUT2D eigenvalue weighted by atomic mass is 10.1. The first kappa shape index (κ1) is 9.00. The van der Waals surface area contributed by atoms with E-state index in [1.165, 1.54) is 5.57 Å². The van der Waals surface area contributed by atoms with Crippen LogP contribution in [0.2, 0.25) is 0 Å². The summed E-state index contributed by atoms with van der Waals surface area (Å²) in [6.45, 7) is 0. The molecule has 0 radical (unpaired) electrons. The molecule has 3 nitrogen and oxygen atoms in total. The van der Waals surface area contributed by atoms with Crippen LogP contribution in [0.15, 0.2) is 23.4 Å². The number of allylic oxidation sites excluding steroid dienone is 3. The third kappa shape index (κ3) is 2.51. The van der Waals surface area contributed by atoms with Crippen molar-refractivity contribution in [3.05, 3.63) is 30.5 Å². The minimum atomic E-state index is -0.733. The van der Waals surface area contributed by atoms with Gasteiger partial charge in [-0.2, -0.15) is 0 Å². The maximum Gasteiger partial charge on any atom is 0.303 e. The molecule has 0 amide bonds. The van der Waals surface area contributed by atoms with Crippen LogP contribution >= 0.6 is 0 Å². The zero-order valence-corrected chi connectivity index (χ0v) is 6.92. The van der Waals surface area contributed by atoms with Crippen molar-refractivity contribution in [1.82, 2.24) is 0 Å². The van der Waals surface area contributed by atoms with Gasteiger partial charge in [0.25, 0.3) is 0 Å². The number of carboxylic acids is 1. The Labute approximate surface area is 71.8 Å². The minimum Gasteiger partial charge on any atom is -0.481 e. The highest BCUT2D eigenvalue weighted by atomic mass is 16.4. The Bertz CT molecular complexity index is 241. The maximum atomic E-state index is 10.2. The van der Waals surface area contributed by atoms with Gasteiger partial charge in [-0.3, -0.25) is 4.79 Å². The van der Waals surface area contributed by atoms with Crippen LogP contribution in [-0.2, 0) is 4.79 Å². The molecule has 3 heteroatoms. The van der Waals surface area contributed by atoms with Crippen LogP contribution in [0, 0.1) is 7.05 Å². The number of nitrogens with two attached hydrogens (primary N) is 1. The second-order valence-electron chi connectivity index (χ2n) is 2.81. The van der Waals surface area contributed by atoms with Gasteiger partial charge in [0.1, 0.15) is 0 Å². The van der Waals surface area contributed by atoms with Crippen LogP contribution in [-0.4, -0.2) is 11.1 Å². The molecule has 0 heterocycles. The monoisotopic (exact) mass is 167 g/mol. The van der Waals surface area contributed by atoms with Gasteiger partial charge in [-0.05, 0) is 25.0 Å². The standard InChI is InChI=1S/C9H13NO2/c1-10-8-4-2-7(6-8)3-5-9(11)12/h4,6H,1-3,5,10H2,(H,11,12). The summed E-state index contributed by atoms with van der Waals surface area (Å²) in [4.78, 5) is 10.2. The molecule has 0 aromatic rings. The summed E-state index contributed by atoms with van der Waals surface area (Å²) < 4.78 is 0. The van der Waals surface area contributed by atoms with E-state index in [1.807, 2.05) is 6.08 Å². The Morgan fingerprint density at radius 3 is 3.00 bits per heavy atom. The Morgan fingerprint density at radius 2 is 2.50 bits per heavy atom. The molecule has 66 valence electrons. The van der Waals surface area contributed by atoms with E-state index in [1.54, 1.807) is 5.32 Å². The first-order chi connectivity index (χ1) is 5.72. The summed E-state index contributed by atoms with van der Waals surface area (Å²) in [6, 6.07) is 0. The molecule has 0 aromatic carbocycles. The number of hydrogen-bond acceptors (Lipinski definition) is 1. The lowest BCUT2D eigenvalue weighted by Crippen LogP contribution is -2.73. The van der Waals surface area contributed by atoms with Crippen molar-refractivity contribution in [2.24, 2.45) is 0 Å². The average molecular weight is 167 g/mol. The lowest BCUT2D eigenvalue weighted by molar-refractivity contribution is -0.537. The highest BCUT2D eigenvalue weighted by molar-refractivity contribution is 5.67. The molecule has 0 atom stereocenters. The van der Waals surface area contributed by atoms with Crippen molar-refractivity contribution >= 4 is 5.97 Å². The highest BCUT2D eigenvalue weighted by Crippen LogP contribution is 2.17. The maximum absolute atomic E-state index is 10.2. The first-order valence-corrected chi connectivity index (χ1v) is 3.96. The van der Waals surface area contributed by atoms with Gasteiger partial charge in [-0.25, -0.2) is 0 Å². The van der Waals surface area contributed by atoms with Crippen molar-refractivity contribution in [1.29, 1.82) is 0 Å². The van der Waals surface area contributed by atoms with Gasteiger partial charge in [-0.1, -0.05) is 5.57 Å². The van der Waals surface area contributed by atoms with Crippen LogP contribution in [0.3, 0.4) is 0 Å². The molecular formula is C9H13NO2. The molecule has 1 aliphatic carbocycles. The topological polar surface area (TPSA) is 53.9 Å². The molecule has 0 fully saturated rings. The van der Waals surface area contributed by atoms with Crippen LogP contribution in [0.25, 0.3) is 0 Å². The van der Waals surface area contributed by atoms with Gasteiger partial charge in [0, 0.05) is 6.42 Å². The van der Waals surface area contributed by atoms with Crippen LogP contribution in [0.4, 0.5) is 0 Å². The summed E-state index contributed by atoms with van der Waals surface area (Å²) in [7, 11) is 3.64. The fourth-order valence-corrected chi connectivity index (χ4v) is 1.19. The number of aliphatic carboxylic acids is 1. The highest BCUT2D eigenvalue weighted by Gasteiger charge is 2.07. The Balaban J connectivity index is 2.33. The largest absolute Gasteiger partial charge is 0.481 e. The van der Waals surface area contributed by atoms with Gasteiger partial charge in [-0.15, -0.1) is 7.05 Å². The zero-order chi connectivity index (χ0) is 8.97. The second kappa shape index (κ2) is 4.07. The third-order valence-electron chi connectivity index (χ3n) is 1.87. The van der Waals surface area contributed by atoms with Gasteiger partial charge in [0.2, 0.25) is 0 Å².